The molecule has 8 atom stereocenters. The summed E-state index contributed by atoms with van der Waals surface area (Å²) in [5.41, 5.74) is 0.924. The monoisotopic (exact) mass is 847 g/mol. The smallest absolute Gasteiger partial charge is 0.408 e. The number of hydrogen-bond acceptors (Lipinski definition) is 11. The molecule has 1 aromatic carbocycles. The minimum atomic E-state index is -1.22. The van der Waals surface area contributed by atoms with Gasteiger partial charge in [-0.15, -0.1) is 0 Å². The highest BCUT2D eigenvalue weighted by Gasteiger charge is 2.62. The number of pyridine rings is 1. The number of fused-ring (bicyclic) bond motifs is 4. The second-order valence-corrected chi connectivity index (χ2v) is 18.0. The Morgan fingerprint density at radius 2 is 1.85 bits per heavy atom. The molecule has 2 N–H and O–H groups in total. The molecule has 3 aliphatic carbocycles. The van der Waals surface area contributed by atoms with Gasteiger partial charge in [0, 0.05) is 43.4 Å². The Morgan fingerprint density at radius 3 is 2.62 bits per heavy atom. The number of aromatic nitrogens is 1. The van der Waals surface area contributed by atoms with Crippen molar-refractivity contribution in [1.82, 2.24) is 25.4 Å². The van der Waals surface area contributed by atoms with Crippen molar-refractivity contribution in [2.24, 2.45) is 17.8 Å². The lowest BCUT2D eigenvalue weighted by Crippen LogP contribution is -2.56. The zero-order valence-corrected chi connectivity index (χ0v) is 35.7. The number of morpholine rings is 1. The molecule has 3 saturated carbocycles. The highest BCUT2D eigenvalue weighted by atomic mass is 35.5. The Balaban J connectivity index is 1.06. The average molecular weight is 848 g/mol. The second-order valence-electron chi connectivity index (χ2n) is 17.6. The Morgan fingerprint density at radius 1 is 1.05 bits per heavy atom. The number of carbonyl (C=O) groups is 4. The third-order valence-corrected chi connectivity index (χ3v) is 13.3. The van der Waals surface area contributed by atoms with Crippen molar-refractivity contribution < 1.29 is 42.9 Å². The van der Waals surface area contributed by atoms with Crippen LogP contribution < -0.4 is 20.1 Å². The first kappa shape index (κ1) is 42.3. The number of rotatable bonds is 10. The summed E-state index contributed by atoms with van der Waals surface area (Å²) in [5.74, 6) is 0.624. The van der Waals surface area contributed by atoms with Crippen LogP contribution in [0.15, 0.2) is 35.9 Å². The van der Waals surface area contributed by atoms with Crippen molar-refractivity contribution in [3.63, 3.8) is 0 Å². The third-order valence-electron chi connectivity index (χ3n) is 12.9. The molecule has 8 rings (SSSR count). The summed E-state index contributed by atoms with van der Waals surface area (Å²) in [7, 11) is 1.31. The Bertz CT molecular complexity index is 2010. The fourth-order valence-corrected chi connectivity index (χ4v) is 9.76. The molecule has 1 unspecified atom stereocenters. The van der Waals surface area contributed by atoms with Crippen molar-refractivity contribution in [1.29, 1.82) is 0 Å². The number of hydrogen-bond donors (Lipinski definition) is 2. The van der Waals surface area contributed by atoms with E-state index in [1.165, 1.54) is 18.4 Å². The van der Waals surface area contributed by atoms with Crippen LogP contribution in [0.1, 0.15) is 83.7 Å². The normalized spacial score (nSPS) is 30.5. The lowest BCUT2D eigenvalue weighted by Gasteiger charge is -2.29. The van der Waals surface area contributed by atoms with Crippen molar-refractivity contribution in [2.75, 3.05) is 53.1 Å². The maximum absolute atomic E-state index is 14.7. The van der Waals surface area contributed by atoms with Crippen LogP contribution in [0.5, 0.6) is 11.5 Å². The molecule has 14 nitrogen and oxygen atoms in total. The molecule has 3 aliphatic heterocycles. The lowest BCUT2D eigenvalue weighted by molar-refractivity contribution is -0.148. The van der Waals surface area contributed by atoms with Crippen LogP contribution in [0.2, 0.25) is 5.02 Å². The first-order valence-corrected chi connectivity index (χ1v) is 22.1. The molecule has 5 fully saturated rings. The van der Waals surface area contributed by atoms with Crippen molar-refractivity contribution in [2.45, 2.75) is 108 Å². The number of benzene rings is 1. The van der Waals surface area contributed by atoms with Crippen LogP contribution in [0, 0.1) is 17.8 Å². The van der Waals surface area contributed by atoms with E-state index in [2.05, 4.69) is 15.5 Å². The molecule has 6 aliphatic rings. The fourth-order valence-electron chi connectivity index (χ4n) is 9.49. The fraction of sp³-hybridized carbons (Fsp3) is 0.622. The van der Waals surface area contributed by atoms with Gasteiger partial charge in [-0.2, -0.15) is 0 Å². The van der Waals surface area contributed by atoms with Gasteiger partial charge in [-0.05, 0) is 88.8 Å². The van der Waals surface area contributed by atoms with Gasteiger partial charge in [0.15, 0.2) is 0 Å². The predicted molar refractivity (Wildman–Crippen MR) is 225 cm³/mol. The average Bonchev–Trinajstić information content (AvgIpc) is 4.02. The van der Waals surface area contributed by atoms with Crippen molar-refractivity contribution in [3.8, 4) is 11.5 Å². The quantitative estimate of drug-likeness (QED) is 0.219. The molecule has 3 amide bonds. The van der Waals surface area contributed by atoms with E-state index in [9.17, 15) is 19.2 Å². The molecule has 4 heterocycles. The van der Waals surface area contributed by atoms with Crippen LogP contribution >= 0.6 is 11.6 Å². The summed E-state index contributed by atoms with van der Waals surface area (Å²) < 4.78 is 29.4. The van der Waals surface area contributed by atoms with E-state index in [-0.39, 0.29) is 25.0 Å². The number of methoxy groups -OCH3 is 1. The molecule has 15 heteroatoms. The van der Waals surface area contributed by atoms with E-state index >= 15 is 0 Å². The zero-order chi connectivity index (χ0) is 42.0. The summed E-state index contributed by atoms with van der Waals surface area (Å²) >= 11 is 7.02. The maximum Gasteiger partial charge on any atom is 0.408 e. The van der Waals surface area contributed by atoms with E-state index in [1.54, 1.807) is 0 Å². The molecular weight excluding hydrogens is 790 g/mol. The summed E-state index contributed by atoms with van der Waals surface area (Å²) in [6, 6.07) is 3.60. The number of carbonyl (C=O) groups excluding carboxylic acids is 4. The second kappa shape index (κ2) is 18.3. The number of esters is 1. The largest absolute Gasteiger partial charge is 0.491 e. The Hall–Kier alpha value is -4.40. The van der Waals surface area contributed by atoms with E-state index in [1.807, 2.05) is 50.3 Å². The highest BCUT2D eigenvalue weighted by Crippen LogP contribution is 2.52. The van der Waals surface area contributed by atoms with Crippen LogP contribution in [0.4, 0.5) is 4.79 Å². The van der Waals surface area contributed by atoms with Gasteiger partial charge in [0.1, 0.15) is 53.0 Å². The van der Waals surface area contributed by atoms with Gasteiger partial charge in [-0.3, -0.25) is 14.5 Å². The number of nitrogens with zero attached hydrogens (tertiary/aromatic N) is 3. The third kappa shape index (κ3) is 9.55. The van der Waals surface area contributed by atoms with Crippen molar-refractivity contribution in [3.05, 3.63) is 46.6 Å². The number of nitrogens with one attached hydrogen (secondary N) is 2. The zero-order valence-electron chi connectivity index (χ0n) is 34.9. The van der Waals surface area contributed by atoms with Gasteiger partial charge >= 0.3 is 12.1 Å². The first-order chi connectivity index (χ1) is 29.0. The topological polar surface area (TPSA) is 158 Å². The number of amides is 3. The maximum atomic E-state index is 14.7. The van der Waals surface area contributed by atoms with Gasteiger partial charge in [-0.1, -0.05) is 42.2 Å². The van der Waals surface area contributed by atoms with Crippen LogP contribution in [0.3, 0.4) is 0 Å². The molecule has 1 aromatic heterocycles. The molecule has 60 heavy (non-hydrogen) atoms. The van der Waals surface area contributed by atoms with Gasteiger partial charge in [0.05, 0.1) is 38.1 Å². The number of halogens is 1. The SMILES string of the molecule is COC(=O)[C@@]12C[C@H]1C=CCCCCC[C@H](NC(=O)OC1C[C@@H]3C[C@@H]3C1)C(=O)N1C[C@H](Oc3cc(C=C(C)C)nc4c(Cl)c(OCCN5CCOCC5)ccc34)C[C@H]1C(=O)N2. The summed E-state index contributed by atoms with van der Waals surface area (Å²) in [6.07, 6.45) is 11.6. The Labute approximate surface area is 356 Å². The van der Waals surface area contributed by atoms with E-state index in [0.29, 0.717) is 84.0 Å². The van der Waals surface area contributed by atoms with Gasteiger partial charge < -0.3 is 39.2 Å². The minimum Gasteiger partial charge on any atom is -0.491 e. The first-order valence-electron chi connectivity index (χ1n) is 21.7. The molecule has 2 saturated heterocycles. The molecule has 0 radical (unpaired) electrons. The van der Waals surface area contributed by atoms with E-state index in [4.69, 9.17) is 40.3 Å². The predicted octanol–water partition coefficient (Wildman–Crippen LogP) is 5.83. The van der Waals surface area contributed by atoms with Gasteiger partial charge in [0.2, 0.25) is 11.8 Å². The summed E-state index contributed by atoms with van der Waals surface area (Å²) in [6.45, 7) is 8.30. The number of ether oxygens (including phenoxy) is 5. The number of allylic oxidation sites excluding steroid dienone is 2. The number of alkyl carbamates (subject to hydrolysis) is 1. The standard InChI is InChI=1S/C45H58ClN5O9/c1-27(2)19-31-23-38(34-11-12-37(39(46)40(34)47-31)58-18-15-50-13-16-57-17-14-50)59-33-24-36-41(52)49-45(43(54)56-3)25-30(45)9-7-5-4-6-8-10-35(42(53)51(36)26-33)48-44(55)60-32-21-28-20-29(28)22-32/h7,9,11-12,19,23,28-30,32-33,35-36H,4-6,8,10,13-18,20-22,24-26H2,1-3H3,(H,48,55)(H,49,52)/t28-,29+,30-,32?,33-,35+,36+,45-/m1/s1. The molecule has 0 bridgehead atoms. The van der Waals surface area contributed by atoms with E-state index < -0.39 is 47.6 Å². The summed E-state index contributed by atoms with van der Waals surface area (Å²) in [5, 5.41) is 6.90. The van der Waals surface area contributed by atoms with Crippen LogP contribution in [-0.4, -0.2) is 122 Å². The molecule has 2 aromatic rings. The van der Waals surface area contributed by atoms with Crippen molar-refractivity contribution >= 4 is 52.5 Å². The minimum absolute atomic E-state index is 0.0585. The van der Waals surface area contributed by atoms with Crippen LogP contribution in [-0.2, 0) is 28.6 Å². The molecule has 0 spiro atoms. The molecule has 324 valence electrons. The van der Waals surface area contributed by atoms with Crippen LogP contribution in [0.25, 0.3) is 17.0 Å². The van der Waals surface area contributed by atoms with E-state index in [0.717, 1.165) is 57.3 Å². The molecular formula is C45H58ClN5O9. The van der Waals surface area contributed by atoms with Gasteiger partial charge in [-0.25, -0.2) is 14.6 Å². The highest BCUT2D eigenvalue weighted by molar-refractivity contribution is 6.36. The summed E-state index contributed by atoms with van der Waals surface area (Å²) in [4.78, 5) is 64.4. The lowest BCUT2D eigenvalue weighted by atomic mass is 10.0. The van der Waals surface area contributed by atoms with Gasteiger partial charge in [0.25, 0.3) is 0 Å². The Kier molecular flexibility index (Phi) is 12.9.